The van der Waals surface area contributed by atoms with Gasteiger partial charge in [-0.2, -0.15) is 15.4 Å². The van der Waals surface area contributed by atoms with E-state index in [0.29, 0.717) is 17.5 Å². The molecule has 4 atom stereocenters. The predicted octanol–water partition coefficient (Wildman–Crippen LogP) is -0.0585. The van der Waals surface area contributed by atoms with Gasteiger partial charge in [0.2, 0.25) is 0 Å². The molecule has 2 fully saturated rings. The van der Waals surface area contributed by atoms with Crippen molar-refractivity contribution in [3.8, 4) is 0 Å². The summed E-state index contributed by atoms with van der Waals surface area (Å²) in [5.41, 5.74) is 0.310. The SMILES string of the molecule is O=C(NC1C2CCC(C2)C1CO)c1cn[nH]n1. The van der Waals surface area contributed by atoms with Gasteiger partial charge in [-0.25, -0.2) is 0 Å². The zero-order valence-corrected chi connectivity index (χ0v) is 9.47. The number of aliphatic hydroxyl groups excluding tert-OH is 1. The number of hydrogen-bond donors (Lipinski definition) is 3. The number of aromatic nitrogens is 3. The first-order chi connectivity index (χ1) is 8.29. The van der Waals surface area contributed by atoms with Gasteiger partial charge in [0, 0.05) is 18.6 Å². The lowest BCUT2D eigenvalue weighted by Gasteiger charge is -2.30. The van der Waals surface area contributed by atoms with Gasteiger partial charge in [-0.15, -0.1) is 0 Å². The first-order valence-electron chi connectivity index (χ1n) is 6.07. The Hall–Kier alpha value is -1.43. The van der Waals surface area contributed by atoms with Crippen molar-refractivity contribution < 1.29 is 9.90 Å². The van der Waals surface area contributed by atoms with E-state index in [1.165, 1.54) is 12.6 Å². The van der Waals surface area contributed by atoms with E-state index in [0.717, 1.165) is 12.8 Å². The average molecular weight is 236 g/mol. The van der Waals surface area contributed by atoms with Crippen molar-refractivity contribution in [3.63, 3.8) is 0 Å². The minimum atomic E-state index is -0.199. The molecule has 92 valence electrons. The van der Waals surface area contributed by atoms with Crippen LogP contribution in [-0.4, -0.2) is 39.1 Å². The van der Waals surface area contributed by atoms with Crippen LogP contribution in [0.2, 0.25) is 0 Å². The van der Waals surface area contributed by atoms with Gasteiger partial charge in [-0.1, -0.05) is 0 Å². The quantitative estimate of drug-likeness (QED) is 0.685. The second kappa shape index (κ2) is 4.10. The molecule has 1 aromatic heterocycles. The minimum Gasteiger partial charge on any atom is -0.396 e. The Morgan fingerprint density at radius 2 is 2.35 bits per heavy atom. The first-order valence-corrected chi connectivity index (χ1v) is 6.07. The van der Waals surface area contributed by atoms with Crippen LogP contribution in [-0.2, 0) is 0 Å². The van der Waals surface area contributed by atoms with Crippen LogP contribution in [0.5, 0.6) is 0 Å². The van der Waals surface area contributed by atoms with E-state index in [-0.39, 0.29) is 24.5 Å². The van der Waals surface area contributed by atoms with Crippen molar-refractivity contribution in [1.29, 1.82) is 0 Å². The van der Waals surface area contributed by atoms with E-state index >= 15 is 0 Å². The van der Waals surface area contributed by atoms with Gasteiger partial charge in [-0.05, 0) is 31.1 Å². The molecule has 0 aliphatic heterocycles. The molecule has 6 heteroatoms. The number of nitrogens with one attached hydrogen (secondary N) is 2. The average Bonchev–Trinajstić information content (AvgIpc) is 3.05. The summed E-state index contributed by atoms with van der Waals surface area (Å²) in [6, 6.07) is 0.1000. The van der Waals surface area contributed by atoms with Gasteiger partial charge in [0.25, 0.3) is 5.91 Å². The van der Waals surface area contributed by atoms with Crippen molar-refractivity contribution >= 4 is 5.91 Å². The Bertz CT molecular complexity index is 406. The molecule has 2 saturated carbocycles. The summed E-state index contributed by atoms with van der Waals surface area (Å²) in [5.74, 6) is 1.11. The van der Waals surface area contributed by atoms with Crippen molar-refractivity contribution in [2.24, 2.45) is 17.8 Å². The van der Waals surface area contributed by atoms with E-state index in [4.69, 9.17) is 0 Å². The smallest absolute Gasteiger partial charge is 0.273 e. The predicted molar refractivity (Wildman–Crippen MR) is 59.0 cm³/mol. The van der Waals surface area contributed by atoms with Gasteiger partial charge >= 0.3 is 0 Å². The largest absolute Gasteiger partial charge is 0.396 e. The summed E-state index contributed by atoms with van der Waals surface area (Å²) >= 11 is 0. The zero-order chi connectivity index (χ0) is 11.8. The number of aliphatic hydroxyl groups is 1. The lowest BCUT2D eigenvalue weighted by atomic mass is 9.85. The van der Waals surface area contributed by atoms with Gasteiger partial charge in [-0.3, -0.25) is 4.79 Å². The van der Waals surface area contributed by atoms with E-state index in [2.05, 4.69) is 20.7 Å². The molecule has 3 rings (SSSR count). The molecule has 17 heavy (non-hydrogen) atoms. The Morgan fingerprint density at radius 1 is 1.53 bits per heavy atom. The summed E-state index contributed by atoms with van der Waals surface area (Å²) in [6.07, 6.45) is 4.89. The number of hydrogen-bond acceptors (Lipinski definition) is 4. The third-order valence-corrected chi connectivity index (χ3v) is 4.24. The molecule has 2 bridgehead atoms. The second-order valence-electron chi connectivity index (χ2n) is 5.03. The van der Waals surface area contributed by atoms with E-state index in [1.807, 2.05) is 0 Å². The number of rotatable bonds is 3. The summed E-state index contributed by atoms with van der Waals surface area (Å²) in [7, 11) is 0. The highest BCUT2D eigenvalue weighted by molar-refractivity contribution is 5.92. The molecule has 2 aliphatic carbocycles. The lowest BCUT2D eigenvalue weighted by molar-refractivity contribution is 0.0856. The van der Waals surface area contributed by atoms with Crippen molar-refractivity contribution in [2.75, 3.05) is 6.61 Å². The first kappa shape index (κ1) is 10.7. The molecule has 0 aromatic carbocycles. The van der Waals surface area contributed by atoms with Crippen LogP contribution in [0.25, 0.3) is 0 Å². The fourth-order valence-electron chi connectivity index (χ4n) is 3.43. The molecule has 0 spiro atoms. The molecule has 0 saturated heterocycles. The van der Waals surface area contributed by atoms with Crippen molar-refractivity contribution in [2.45, 2.75) is 25.3 Å². The monoisotopic (exact) mass is 236 g/mol. The number of H-pyrrole nitrogens is 1. The van der Waals surface area contributed by atoms with Crippen LogP contribution >= 0.6 is 0 Å². The number of carbonyl (C=O) groups excluding carboxylic acids is 1. The number of carbonyl (C=O) groups is 1. The van der Waals surface area contributed by atoms with E-state index < -0.39 is 0 Å². The number of aromatic amines is 1. The van der Waals surface area contributed by atoms with E-state index in [1.54, 1.807) is 0 Å². The third kappa shape index (κ3) is 1.72. The van der Waals surface area contributed by atoms with Crippen LogP contribution < -0.4 is 5.32 Å². The Morgan fingerprint density at radius 3 is 3.06 bits per heavy atom. The Kier molecular flexibility index (Phi) is 2.58. The van der Waals surface area contributed by atoms with Crippen LogP contribution in [0.3, 0.4) is 0 Å². The number of nitrogens with zero attached hydrogens (tertiary/aromatic N) is 2. The molecular formula is C11H16N4O2. The number of fused-ring (bicyclic) bond motifs is 2. The molecule has 1 amide bonds. The van der Waals surface area contributed by atoms with Crippen LogP contribution in [0.15, 0.2) is 6.20 Å². The highest BCUT2D eigenvalue weighted by Gasteiger charge is 2.47. The van der Waals surface area contributed by atoms with Gasteiger partial charge < -0.3 is 10.4 Å². The molecule has 6 nitrogen and oxygen atoms in total. The zero-order valence-electron chi connectivity index (χ0n) is 9.47. The fourth-order valence-corrected chi connectivity index (χ4v) is 3.43. The normalized spacial score (nSPS) is 35.1. The molecule has 2 aliphatic rings. The van der Waals surface area contributed by atoms with E-state index in [9.17, 15) is 9.90 Å². The van der Waals surface area contributed by atoms with Gasteiger partial charge in [0.05, 0.1) is 6.20 Å². The van der Waals surface area contributed by atoms with Crippen LogP contribution in [0.4, 0.5) is 0 Å². The minimum absolute atomic E-state index is 0.1000. The lowest BCUT2D eigenvalue weighted by Crippen LogP contribution is -2.45. The standard InChI is InChI=1S/C11H16N4O2/c16-5-8-6-1-2-7(3-6)10(8)13-11(17)9-4-12-15-14-9/h4,6-8,10,16H,1-3,5H2,(H,13,17)(H,12,14,15). The summed E-state index contributed by atoms with van der Waals surface area (Å²) in [6.45, 7) is 0.158. The Labute approximate surface area is 98.8 Å². The molecule has 3 N–H and O–H groups in total. The molecule has 1 heterocycles. The topological polar surface area (TPSA) is 90.9 Å². The third-order valence-electron chi connectivity index (χ3n) is 4.24. The summed E-state index contributed by atoms with van der Waals surface area (Å²) < 4.78 is 0. The number of amides is 1. The maximum absolute atomic E-state index is 11.9. The summed E-state index contributed by atoms with van der Waals surface area (Å²) in [4.78, 5) is 11.9. The van der Waals surface area contributed by atoms with Gasteiger partial charge in [0.1, 0.15) is 0 Å². The Balaban J connectivity index is 1.71. The maximum Gasteiger partial charge on any atom is 0.273 e. The van der Waals surface area contributed by atoms with Crippen molar-refractivity contribution in [1.82, 2.24) is 20.7 Å². The van der Waals surface area contributed by atoms with Crippen LogP contribution in [0.1, 0.15) is 29.8 Å². The highest BCUT2D eigenvalue weighted by atomic mass is 16.3. The van der Waals surface area contributed by atoms with Gasteiger partial charge in [0.15, 0.2) is 5.69 Å². The highest BCUT2D eigenvalue weighted by Crippen LogP contribution is 2.48. The van der Waals surface area contributed by atoms with Crippen LogP contribution in [0, 0.1) is 17.8 Å². The second-order valence-corrected chi connectivity index (χ2v) is 5.03. The maximum atomic E-state index is 11.9. The molecule has 1 aromatic rings. The fraction of sp³-hybridized carbons (Fsp3) is 0.727. The van der Waals surface area contributed by atoms with Crippen molar-refractivity contribution in [3.05, 3.63) is 11.9 Å². The molecule has 0 radical (unpaired) electrons. The molecular weight excluding hydrogens is 220 g/mol. The molecule has 4 unspecified atom stereocenters. The summed E-state index contributed by atoms with van der Waals surface area (Å²) in [5, 5.41) is 22.2.